The number of nitrogens with zero attached hydrogens (tertiary/aromatic N) is 2. The molecule has 0 bridgehead atoms. The zero-order valence-corrected chi connectivity index (χ0v) is 16.6. The van der Waals surface area contributed by atoms with E-state index in [2.05, 4.69) is 15.2 Å². The number of rotatable bonds is 6. The van der Waals surface area contributed by atoms with E-state index in [4.69, 9.17) is 5.14 Å². The molecule has 0 aliphatic carbocycles. The molecule has 1 aromatic carbocycles. The third-order valence-corrected chi connectivity index (χ3v) is 5.49. The van der Waals surface area contributed by atoms with Gasteiger partial charge in [-0.25, -0.2) is 18.5 Å². The van der Waals surface area contributed by atoms with Crippen LogP contribution >= 0.6 is 0 Å². The number of hydrogen-bond donors (Lipinski definition) is 2. The molecule has 1 saturated heterocycles. The van der Waals surface area contributed by atoms with Crippen LogP contribution in [0.15, 0.2) is 42.6 Å². The Morgan fingerprint density at radius 3 is 2.54 bits per heavy atom. The summed E-state index contributed by atoms with van der Waals surface area (Å²) in [6, 6.07) is 10.4. The molecule has 8 heteroatoms. The van der Waals surface area contributed by atoms with Crippen LogP contribution in [-0.2, 0) is 22.3 Å². The number of pyridine rings is 1. The third-order valence-electron chi connectivity index (χ3n) is 4.75. The largest absolute Gasteiger partial charge is 0.357 e. The van der Waals surface area contributed by atoms with E-state index in [9.17, 15) is 13.2 Å². The van der Waals surface area contributed by atoms with Crippen molar-refractivity contribution in [2.24, 2.45) is 5.14 Å². The fourth-order valence-corrected chi connectivity index (χ4v) is 4.01. The van der Waals surface area contributed by atoms with Crippen molar-refractivity contribution in [2.75, 3.05) is 18.0 Å². The van der Waals surface area contributed by atoms with Gasteiger partial charge in [0.25, 0.3) is 5.91 Å². The van der Waals surface area contributed by atoms with Gasteiger partial charge < -0.3 is 10.2 Å². The Morgan fingerprint density at radius 2 is 1.82 bits per heavy atom. The van der Waals surface area contributed by atoms with E-state index in [1.165, 1.54) is 25.7 Å². The lowest BCUT2D eigenvalue weighted by atomic mass is 10.1. The summed E-state index contributed by atoms with van der Waals surface area (Å²) in [6.45, 7) is 2.40. The molecule has 2 aromatic rings. The number of sulfonamides is 1. The van der Waals surface area contributed by atoms with Gasteiger partial charge >= 0.3 is 0 Å². The number of amides is 1. The minimum Gasteiger partial charge on any atom is -0.357 e. The fourth-order valence-electron chi connectivity index (χ4n) is 3.36. The van der Waals surface area contributed by atoms with Gasteiger partial charge in [-0.3, -0.25) is 4.79 Å². The molecule has 1 aromatic heterocycles. The van der Waals surface area contributed by atoms with Crippen molar-refractivity contribution in [1.29, 1.82) is 0 Å². The van der Waals surface area contributed by atoms with Gasteiger partial charge in [0.15, 0.2) is 0 Å². The Kier molecular flexibility index (Phi) is 6.64. The molecule has 0 unspecified atom stereocenters. The van der Waals surface area contributed by atoms with Crippen LogP contribution in [0.3, 0.4) is 0 Å². The maximum atomic E-state index is 12.5. The summed E-state index contributed by atoms with van der Waals surface area (Å²) in [6.07, 6.45) is 6.65. The second-order valence-electron chi connectivity index (χ2n) is 7.11. The molecule has 7 nitrogen and oxygen atoms in total. The summed E-state index contributed by atoms with van der Waals surface area (Å²) in [4.78, 5) is 19.2. The molecule has 1 aliphatic rings. The van der Waals surface area contributed by atoms with Crippen molar-refractivity contribution in [2.45, 2.75) is 38.0 Å². The lowest BCUT2D eigenvalue weighted by Crippen LogP contribution is -2.26. The number of nitrogens with one attached hydrogen (secondary N) is 1. The van der Waals surface area contributed by atoms with Crippen LogP contribution in [0.1, 0.15) is 47.2 Å². The van der Waals surface area contributed by atoms with E-state index in [-0.39, 0.29) is 11.7 Å². The van der Waals surface area contributed by atoms with Crippen molar-refractivity contribution in [1.82, 2.24) is 10.3 Å². The van der Waals surface area contributed by atoms with Crippen LogP contribution in [0, 0.1) is 0 Å². The van der Waals surface area contributed by atoms with Gasteiger partial charge in [0.2, 0.25) is 10.0 Å². The SMILES string of the molecule is NS(=O)(=O)Cc1cccc(C(=O)NCc2ccnc(N3CCCCCC3)c2)c1. The Balaban J connectivity index is 1.63. The summed E-state index contributed by atoms with van der Waals surface area (Å²) in [7, 11) is -3.64. The van der Waals surface area contributed by atoms with Gasteiger partial charge in [-0.2, -0.15) is 0 Å². The zero-order valence-electron chi connectivity index (χ0n) is 15.8. The molecule has 0 radical (unpaired) electrons. The molecule has 0 atom stereocenters. The van der Waals surface area contributed by atoms with E-state index in [0.717, 1.165) is 24.5 Å². The van der Waals surface area contributed by atoms with Crippen molar-refractivity contribution in [3.63, 3.8) is 0 Å². The fraction of sp³-hybridized carbons (Fsp3) is 0.400. The van der Waals surface area contributed by atoms with Crippen molar-refractivity contribution < 1.29 is 13.2 Å². The first kappa shape index (κ1) is 20.3. The van der Waals surface area contributed by atoms with E-state index in [0.29, 0.717) is 17.7 Å². The van der Waals surface area contributed by atoms with Crippen LogP contribution in [0.5, 0.6) is 0 Å². The monoisotopic (exact) mass is 402 g/mol. The molecule has 0 spiro atoms. The number of nitrogens with two attached hydrogens (primary N) is 1. The van der Waals surface area contributed by atoms with E-state index >= 15 is 0 Å². The smallest absolute Gasteiger partial charge is 0.251 e. The molecule has 1 aliphatic heterocycles. The first-order chi connectivity index (χ1) is 13.4. The number of carbonyl (C=O) groups excluding carboxylic acids is 1. The molecule has 2 heterocycles. The van der Waals surface area contributed by atoms with Crippen LogP contribution in [0.2, 0.25) is 0 Å². The van der Waals surface area contributed by atoms with Crippen LogP contribution in [0.4, 0.5) is 5.82 Å². The van der Waals surface area contributed by atoms with E-state index in [1.807, 2.05) is 12.1 Å². The van der Waals surface area contributed by atoms with Gasteiger partial charge in [0.05, 0.1) is 5.75 Å². The van der Waals surface area contributed by atoms with Gasteiger partial charge in [-0.05, 0) is 48.2 Å². The molecular formula is C20H26N4O3S. The lowest BCUT2D eigenvalue weighted by molar-refractivity contribution is 0.0950. The topological polar surface area (TPSA) is 105 Å². The molecule has 28 heavy (non-hydrogen) atoms. The number of hydrogen-bond acceptors (Lipinski definition) is 5. The average molecular weight is 403 g/mol. The van der Waals surface area contributed by atoms with Gasteiger partial charge in [0, 0.05) is 31.4 Å². The normalized spacial score (nSPS) is 15.1. The predicted octanol–water partition coefficient (Wildman–Crippen LogP) is 2.18. The molecule has 150 valence electrons. The maximum absolute atomic E-state index is 12.5. The molecule has 3 N–H and O–H groups in total. The minimum absolute atomic E-state index is 0.260. The summed E-state index contributed by atoms with van der Waals surface area (Å²) in [5.41, 5.74) is 1.87. The number of carbonyl (C=O) groups is 1. The minimum atomic E-state index is -3.64. The van der Waals surface area contributed by atoms with Crippen LogP contribution in [-0.4, -0.2) is 32.4 Å². The quantitative estimate of drug-likeness (QED) is 0.770. The summed E-state index contributed by atoms with van der Waals surface area (Å²) in [5.74, 6) is 0.394. The lowest BCUT2D eigenvalue weighted by Gasteiger charge is -2.21. The Hall–Kier alpha value is -2.45. The number of anilines is 1. The first-order valence-electron chi connectivity index (χ1n) is 9.48. The number of aromatic nitrogens is 1. The maximum Gasteiger partial charge on any atom is 0.251 e. The van der Waals surface area contributed by atoms with Crippen molar-refractivity contribution >= 4 is 21.7 Å². The average Bonchev–Trinajstić information content (AvgIpc) is 2.95. The highest BCUT2D eigenvalue weighted by atomic mass is 32.2. The van der Waals surface area contributed by atoms with Gasteiger partial charge in [0.1, 0.15) is 5.82 Å². The molecule has 0 saturated carbocycles. The molecule has 1 fully saturated rings. The Morgan fingerprint density at radius 1 is 1.07 bits per heavy atom. The third kappa shape index (κ3) is 6.03. The number of benzene rings is 1. The Labute approximate surface area is 166 Å². The van der Waals surface area contributed by atoms with Crippen molar-refractivity contribution in [3.05, 3.63) is 59.3 Å². The van der Waals surface area contributed by atoms with Crippen molar-refractivity contribution in [3.8, 4) is 0 Å². The molecule has 1 amide bonds. The van der Waals surface area contributed by atoms with Gasteiger partial charge in [-0.15, -0.1) is 0 Å². The van der Waals surface area contributed by atoms with Crippen LogP contribution < -0.4 is 15.4 Å². The Bertz CT molecular complexity index is 923. The van der Waals surface area contributed by atoms with E-state index < -0.39 is 10.0 Å². The van der Waals surface area contributed by atoms with E-state index in [1.54, 1.807) is 30.5 Å². The first-order valence-corrected chi connectivity index (χ1v) is 11.2. The van der Waals surface area contributed by atoms with Crippen LogP contribution in [0.25, 0.3) is 0 Å². The zero-order chi connectivity index (χ0) is 20.0. The highest BCUT2D eigenvalue weighted by Gasteiger charge is 2.13. The number of primary sulfonamides is 1. The summed E-state index contributed by atoms with van der Waals surface area (Å²) >= 11 is 0. The highest BCUT2D eigenvalue weighted by Crippen LogP contribution is 2.18. The molecular weight excluding hydrogens is 376 g/mol. The standard InChI is InChI=1S/C20H26N4O3S/c21-28(26,27)15-17-6-5-7-18(12-17)20(25)23-14-16-8-9-22-19(13-16)24-10-3-1-2-4-11-24/h5-9,12-13H,1-4,10-11,14-15H2,(H,23,25)(H2,21,26,27). The molecule has 3 rings (SSSR count). The predicted molar refractivity (Wildman–Crippen MR) is 109 cm³/mol. The summed E-state index contributed by atoms with van der Waals surface area (Å²) < 4.78 is 22.5. The highest BCUT2D eigenvalue weighted by molar-refractivity contribution is 7.88. The second-order valence-corrected chi connectivity index (χ2v) is 8.73. The van der Waals surface area contributed by atoms with Gasteiger partial charge in [-0.1, -0.05) is 25.0 Å². The summed E-state index contributed by atoms with van der Waals surface area (Å²) in [5, 5.41) is 7.96. The second kappa shape index (κ2) is 9.16.